The van der Waals surface area contributed by atoms with Crippen LogP contribution in [0.5, 0.6) is 0 Å². The zero-order valence-electron chi connectivity index (χ0n) is 15.4. The molecule has 4 rings (SSSR count). The molecule has 3 aliphatic rings. The van der Waals surface area contributed by atoms with Crippen molar-refractivity contribution in [2.75, 3.05) is 33.7 Å². The second-order valence-corrected chi connectivity index (χ2v) is 9.26. The van der Waals surface area contributed by atoms with E-state index in [1.165, 1.54) is 9.21 Å². The van der Waals surface area contributed by atoms with Gasteiger partial charge in [-0.15, -0.1) is 0 Å². The maximum atomic E-state index is 13.1. The maximum absolute atomic E-state index is 13.1. The van der Waals surface area contributed by atoms with E-state index in [-0.39, 0.29) is 48.3 Å². The van der Waals surface area contributed by atoms with Crippen LogP contribution in [0.25, 0.3) is 0 Å². The molecule has 2 bridgehead atoms. The van der Waals surface area contributed by atoms with Gasteiger partial charge in [0, 0.05) is 33.2 Å². The van der Waals surface area contributed by atoms with Crippen molar-refractivity contribution >= 4 is 21.8 Å². The topological polar surface area (TPSA) is 78.0 Å². The Bertz CT molecular complexity index is 821. The summed E-state index contributed by atoms with van der Waals surface area (Å²) < 4.78 is 27.6. The lowest BCUT2D eigenvalue weighted by molar-refractivity contribution is -0.145. The highest BCUT2D eigenvalue weighted by Gasteiger charge is 2.44. The summed E-state index contributed by atoms with van der Waals surface area (Å²) >= 11 is 0. The molecule has 0 N–H and O–H groups in total. The van der Waals surface area contributed by atoms with Crippen LogP contribution in [0.4, 0.5) is 0 Å². The van der Waals surface area contributed by atoms with Crippen LogP contribution >= 0.6 is 0 Å². The summed E-state index contributed by atoms with van der Waals surface area (Å²) in [6.07, 6.45) is 1.38. The number of carbonyl (C=O) groups is 2. The molecule has 2 amide bonds. The number of rotatable bonds is 4. The van der Waals surface area contributed by atoms with Gasteiger partial charge in [0.05, 0.1) is 10.8 Å². The van der Waals surface area contributed by atoms with Crippen LogP contribution in [0.2, 0.25) is 0 Å². The highest BCUT2D eigenvalue weighted by atomic mass is 32.2. The number of benzene rings is 1. The van der Waals surface area contributed by atoms with E-state index in [0.717, 1.165) is 12.0 Å². The van der Waals surface area contributed by atoms with Crippen LogP contribution in [-0.4, -0.2) is 74.1 Å². The molecule has 3 fully saturated rings. The van der Waals surface area contributed by atoms with Crippen LogP contribution < -0.4 is 0 Å². The number of nitrogens with zero attached hydrogens (tertiary/aromatic N) is 3. The van der Waals surface area contributed by atoms with Gasteiger partial charge in [0.2, 0.25) is 21.8 Å². The number of carbonyl (C=O) groups excluding carboxylic acids is 2. The molecule has 2 atom stereocenters. The zero-order valence-corrected chi connectivity index (χ0v) is 16.2. The summed E-state index contributed by atoms with van der Waals surface area (Å²) in [5, 5.41) is 0. The van der Waals surface area contributed by atoms with Crippen LogP contribution in [0.3, 0.4) is 0 Å². The molecule has 3 heterocycles. The fraction of sp³-hybridized carbons (Fsp3) is 0.556. The Morgan fingerprint density at radius 1 is 1.23 bits per heavy atom. The van der Waals surface area contributed by atoms with Gasteiger partial charge in [0.25, 0.3) is 0 Å². The summed E-state index contributed by atoms with van der Waals surface area (Å²) in [6, 6.07) is 6.55. The van der Waals surface area contributed by atoms with Crippen LogP contribution in [0.15, 0.2) is 29.2 Å². The molecule has 0 unspecified atom stereocenters. The summed E-state index contributed by atoms with van der Waals surface area (Å²) in [4.78, 5) is 28.1. The van der Waals surface area contributed by atoms with E-state index in [9.17, 15) is 18.0 Å². The van der Waals surface area contributed by atoms with Gasteiger partial charge in [-0.2, -0.15) is 4.31 Å². The van der Waals surface area contributed by atoms with Crippen molar-refractivity contribution in [1.29, 1.82) is 0 Å². The van der Waals surface area contributed by atoms with Gasteiger partial charge in [0.1, 0.15) is 6.54 Å². The highest BCUT2D eigenvalue weighted by molar-refractivity contribution is 7.89. The second kappa shape index (κ2) is 7.00. The fourth-order valence-corrected chi connectivity index (χ4v) is 5.25. The van der Waals surface area contributed by atoms with Crippen molar-refractivity contribution in [3.05, 3.63) is 29.8 Å². The predicted octanol–water partition coefficient (Wildman–Crippen LogP) is 0.695. The summed E-state index contributed by atoms with van der Waals surface area (Å²) in [5.74, 6) is -0.652. The molecule has 26 heavy (non-hydrogen) atoms. The summed E-state index contributed by atoms with van der Waals surface area (Å²) in [7, 11) is -0.366. The molecular formula is C18H25N3O4S. The van der Waals surface area contributed by atoms with Crippen LogP contribution in [0, 0.1) is 12.8 Å². The standard InChI is InChI=1S/C18H25N3O4S/c1-13-5-4-6-16(9-13)26(24,25)20-10-14-7-8-15(11-20)21(18(14)23)12-17(22)19(2)3/h4-6,9,14-15H,7-8,10-12H2,1-3H3/t14-,15+/m0/s1. The minimum absolute atomic E-state index is 0.00529. The Hall–Kier alpha value is -1.93. The SMILES string of the molecule is Cc1cccc(S(=O)(=O)N2C[C@@H]3CC[C@H](C2)N(CC(=O)N(C)C)C3=O)c1. The van der Waals surface area contributed by atoms with Gasteiger partial charge in [-0.1, -0.05) is 12.1 Å². The number of fused-ring (bicyclic) bond motifs is 4. The lowest BCUT2D eigenvalue weighted by Crippen LogP contribution is -2.51. The average molecular weight is 379 g/mol. The Balaban J connectivity index is 1.87. The van der Waals surface area contributed by atoms with E-state index in [1.807, 2.05) is 13.0 Å². The van der Waals surface area contributed by atoms with Crippen molar-refractivity contribution in [2.24, 2.45) is 5.92 Å². The van der Waals surface area contributed by atoms with Gasteiger partial charge >= 0.3 is 0 Å². The monoisotopic (exact) mass is 379 g/mol. The number of aryl methyl sites for hydroxylation is 1. The molecule has 142 valence electrons. The minimum atomic E-state index is -3.67. The summed E-state index contributed by atoms with van der Waals surface area (Å²) in [6.45, 7) is 2.27. The first-order valence-corrected chi connectivity index (χ1v) is 10.2. The molecular weight excluding hydrogens is 354 g/mol. The lowest BCUT2D eigenvalue weighted by Gasteiger charge is -2.36. The van der Waals surface area contributed by atoms with E-state index < -0.39 is 10.0 Å². The largest absolute Gasteiger partial charge is 0.347 e. The van der Waals surface area contributed by atoms with Gasteiger partial charge < -0.3 is 9.80 Å². The Labute approximate surface area is 154 Å². The van der Waals surface area contributed by atoms with Crippen molar-refractivity contribution < 1.29 is 18.0 Å². The minimum Gasteiger partial charge on any atom is -0.347 e. The van der Waals surface area contributed by atoms with E-state index in [4.69, 9.17) is 0 Å². The maximum Gasteiger partial charge on any atom is 0.243 e. The fourth-order valence-electron chi connectivity index (χ4n) is 3.62. The smallest absolute Gasteiger partial charge is 0.243 e. The van der Waals surface area contributed by atoms with Gasteiger partial charge in [0.15, 0.2) is 0 Å². The normalized spacial score (nSPS) is 23.8. The molecule has 8 heteroatoms. The number of hydrogen-bond acceptors (Lipinski definition) is 4. The zero-order chi connectivity index (χ0) is 19.1. The van der Waals surface area contributed by atoms with Crippen LogP contribution in [0.1, 0.15) is 18.4 Å². The molecule has 0 spiro atoms. The van der Waals surface area contributed by atoms with E-state index in [1.54, 1.807) is 37.2 Å². The third-order valence-electron chi connectivity index (χ3n) is 5.19. The van der Waals surface area contributed by atoms with E-state index >= 15 is 0 Å². The van der Waals surface area contributed by atoms with Gasteiger partial charge in [-0.05, 0) is 37.5 Å². The third kappa shape index (κ3) is 3.48. The average Bonchev–Trinajstić information content (AvgIpc) is 2.88. The molecule has 3 saturated heterocycles. The van der Waals surface area contributed by atoms with E-state index in [2.05, 4.69) is 0 Å². The third-order valence-corrected chi connectivity index (χ3v) is 7.02. The van der Waals surface area contributed by atoms with Crippen molar-refractivity contribution in [1.82, 2.24) is 14.1 Å². The van der Waals surface area contributed by atoms with Gasteiger partial charge in [-0.3, -0.25) is 9.59 Å². The molecule has 3 aliphatic heterocycles. The van der Waals surface area contributed by atoms with Gasteiger partial charge in [-0.25, -0.2) is 8.42 Å². The first-order chi connectivity index (χ1) is 12.2. The first kappa shape index (κ1) is 18.8. The molecule has 7 nitrogen and oxygen atoms in total. The Morgan fingerprint density at radius 2 is 1.96 bits per heavy atom. The van der Waals surface area contributed by atoms with Crippen molar-refractivity contribution in [2.45, 2.75) is 30.7 Å². The second-order valence-electron chi connectivity index (χ2n) is 7.32. The molecule has 0 aromatic heterocycles. The Morgan fingerprint density at radius 3 is 2.62 bits per heavy atom. The number of likely N-dealkylation sites (N-methyl/N-ethyl adjacent to an activating group) is 1. The molecule has 0 saturated carbocycles. The summed E-state index contributed by atoms with van der Waals surface area (Å²) in [5.41, 5.74) is 0.873. The lowest BCUT2D eigenvalue weighted by atomic mass is 9.94. The van der Waals surface area contributed by atoms with E-state index in [0.29, 0.717) is 6.42 Å². The number of sulfonamides is 1. The molecule has 0 radical (unpaired) electrons. The predicted molar refractivity (Wildman–Crippen MR) is 96.9 cm³/mol. The van der Waals surface area contributed by atoms with Crippen molar-refractivity contribution in [3.8, 4) is 0 Å². The number of hydrogen-bond donors (Lipinski definition) is 0. The number of amides is 2. The first-order valence-electron chi connectivity index (χ1n) is 8.77. The molecule has 1 aromatic rings. The Kier molecular flexibility index (Phi) is 5.07. The van der Waals surface area contributed by atoms with Crippen LogP contribution in [-0.2, 0) is 19.6 Å². The number of piperidine rings is 1. The highest BCUT2D eigenvalue weighted by Crippen LogP contribution is 2.32. The molecule has 1 aromatic carbocycles. The van der Waals surface area contributed by atoms with Crippen molar-refractivity contribution in [3.63, 3.8) is 0 Å². The molecule has 0 aliphatic carbocycles. The quantitative estimate of drug-likeness (QED) is 0.771.